The first-order valence-electron chi connectivity index (χ1n) is 9.60. The second kappa shape index (κ2) is 9.28. The lowest BCUT2D eigenvalue weighted by molar-refractivity contribution is -0.0498. The van der Waals surface area contributed by atoms with E-state index in [1.54, 1.807) is 41.1 Å². The Hall–Kier alpha value is -3.93. The fourth-order valence-electron chi connectivity index (χ4n) is 3.40. The molecule has 0 bridgehead atoms. The lowest BCUT2D eigenvalue weighted by atomic mass is 10.1. The van der Waals surface area contributed by atoms with Crippen LogP contribution < -0.4 is 4.74 Å². The Morgan fingerprint density at radius 2 is 1.91 bits per heavy atom. The van der Waals surface area contributed by atoms with Gasteiger partial charge in [-0.1, -0.05) is 0 Å². The molecule has 12 heteroatoms. The molecule has 0 saturated heterocycles. The van der Waals surface area contributed by atoms with E-state index in [1.807, 2.05) is 6.92 Å². The second-order valence-corrected chi connectivity index (χ2v) is 7.80. The van der Waals surface area contributed by atoms with E-state index in [2.05, 4.69) is 20.3 Å². The Balaban J connectivity index is 1.48. The lowest BCUT2D eigenvalue weighted by Crippen LogP contribution is -2.15. The van der Waals surface area contributed by atoms with Gasteiger partial charge in [0, 0.05) is 22.6 Å². The van der Waals surface area contributed by atoms with E-state index in [9.17, 15) is 18.4 Å². The SMILES string of the molecule is Cc1cc(C(=O)COC(=O)c2sccc2-n2cnnn2)c(C)n1-c1ccc(OC(F)F)cc1. The molecule has 0 aliphatic carbocycles. The van der Waals surface area contributed by atoms with Crippen LogP contribution in [0.2, 0.25) is 0 Å². The molecule has 0 atom stereocenters. The number of benzene rings is 1. The maximum atomic E-state index is 12.8. The molecule has 0 aliphatic rings. The van der Waals surface area contributed by atoms with E-state index >= 15 is 0 Å². The zero-order valence-electron chi connectivity index (χ0n) is 17.4. The molecule has 9 nitrogen and oxygen atoms in total. The zero-order valence-corrected chi connectivity index (χ0v) is 18.3. The predicted octanol–water partition coefficient (Wildman–Crippen LogP) is 3.77. The molecule has 3 heterocycles. The van der Waals surface area contributed by atoms with Crippen LogP contribution in [0.4, 0.5) is 8.78 Å². The first-order chi connectivity index (χ1) is 15.8. The summed E-state index contributed by atoms with van der Waals surface area (Å²) in [6.07, 6.45) is 1.35. The number of aromatic nitrogens is 5. The molecule has 0 N–H and O–H groups in total. The first-order valence-corrected chi connectivity index (χ1v) is 10.5. The number of aryl methyl sites for hydroxylation is 1. The van der Waals surface area contributed by atoms with E-state index in [-0.39, 0.29) is 16.4 Å². The van der Waals surface area contributed by atoms with Crippen molar-refractivity contribution >= 4 is 23.1 Å². The number of esters is 1. The predicted molar refractivity (Wildman–Crippen MR) is 114 cm³/mol. The van der Waals surface area contributed by atoms with Gasteiger partial charge >= 0.3 is 12.6 Å². The van der Waals surface area contributed by atoms with E-state index in [0.29, 0.717) is 22.6 Å². The monoisotopic (exact) mass is 473 g/mol. The quantitative estimate of drug-likeness (QED) is 0.284. The number of carbonyl (C=O) groups excluding carboxylic acids is 2. The second-order valence-electron chi connectivity index (χ2n) is 6.88. The summed E-state index contributed by atoms with van der Waals surface area (Å²) in [6, 6.07) is 9.43. The highest BCUT2D eigenvalue weighted by Gasteiger charge is 2.21. The number of carbonyl (C=O) groups is 2. The molecule has 0 unspecified atom stereocenters. The molecular weight excluding hydrogens is 456 g/mol. The standard InChI is InChI=1S/C21H17F2N5O4S/c1-12-9-16(13(2)28(12)14-3-5-15(6-4-14)32-21(22)23)18(29)10-31-20(30)19-17(7-8-33-19)27-11-24-25-26-27/h3-9,11,21H,10H2,1-2H3. The van der Waals surface area contributed by atoms with Crippen molar-refractivity contribution in [3.05, 3.63) is 69.9 Å². The van der Waals surface area contributed by atoms with Crippen LogP contribution >= 0.6 is 11.3 Å². The number of alkyl halides is 2. The molecule has 0 saturated carbocycles. The number of halogens is 2. The van der Waals surface area contributed by atoms with Crippen LogP contribution in [0.1, 0.15) is 31.4 Å². The maximum Gasteiger partial charge on any atom is 0.387 e. The summed E-state index contributed by atoms with van der Waals surface area (Å²) in [5.74, 6) is -0.998. The van der Waals surface area contributed by atoms with Gasteiger partial charge in [-0.3, -0.25) is 4.79 Å². The number of ether oxygens (including phenoxy) is 2. The maximum absolute atomic E-state index is 12.8. The van der Waals surface area contributed by atoms with Crippen molar-refractivity contribution in [3.63, 3.8) is 0 Å². The van der Waals surface area contributed by atoms with Gasteiger partial charge in [-0.05, 0) is 66.1 Å². The Morgan fingerprint density at radius 1 is 1.15 bits per heavy atom. The van der Waals surface area contributed by atoms with E-state index in [4.69, 9.17) is 4.74 Å². The molecule has 3 aromatic heterocycles. The van der Waals surface area contributed by atoms with Crippen molar-refractivity contribution in [3.8, 4) is 17.1 Å². The largest absolute Gasteiger partial charge is 0.453 e. The van der Waals surface area contributed by atoms with Gasteiger partial charge in [0.1, 0.15) is 17.0 Å². The molecule has 0 aliphatic heterocycles. The van der Waals surface area contributed by atoms with Crippen molar-refractivity contribution in [1.82, 2.24) is 24.8 Å². The van der Waals surface area contributed by atoms with Gasteiger partial charge < -0.3 is 14.0 Å². The molecule has 0 spiro atoms. The van der Waals surface area contributed by atoms with E-state index in [0.717, 1.165) is 17.0 Å². The van der Waals surface area contributed by atoms with Crippen molar-refractivity contribution in [2.75, 3.05) is 6.61 Å². The fourth-order valence-corrected chi connectivity index (χ4v) is 4.17. The third-order valence-electron chi connectivity index (χ3n) is 4.81. The molecule has 0 amide bonds. The third-order valence-corrected chi connectivity index (χ3v) is 5.70. The molecule has 4 rings (SSSR count). The smallest absolute Gasteiger partial charge is 0.387 e. The van der Waals surface area contributed by atoms with Crippen LogP contribution in [0.5, 0.6) is 5.75 Å². The van der Waals surface area contributed by atoms with Crippen LogP contribution in [-0.2, 0) is 4.74 Å². The van der Waals surface area contributed by atoms with Crippen LogP contribution in [-0.4, -0.2) is 49.7 Å². The van der Waals surface area contributed by atoms with Crippen molar-refractivity contribution in [2.24, 2.45) is 0 Å². The van der Waals surface area contributed by atoms with Gasteiger partial charge in [0.05, 0.1) is 5.69 Å². The Kier molecular flexibility index (Phi) is 6.27. The van der Waals surface area contributed by atoms with Gasteiger partial charge in [-0.25, -0.2) is 4.79 Å². The summed E-state index contributed by atoms with van der Waals surface area (Å²) < 4.78 is 37.5. The minimum Gasteiger partial charge on any atom is -0.453 e. The highest BCUT2D eigenvalue weighted by atomic mass is 32.1. The van der Waals surface area contributed by atoms with Crippen LogP contribution in [0.25, 0.3) is 11.4 Å². The molecule has 0 radical (unpaired) electrons. The average Bonchev–Trinajstić information content (AvgIpc) is 3.52. The Labute approximate surface area is 190 Å². The molecule has 33 heavy (non-hydrogen) atoms. The molecule has 4 aromatic rings. The fraction of sp³-hybridized carbons (Fsp3) is 0.190. The van der Waals surface area contributed by atoms with Crippen LogP contribution in [0, 0.1) is 13.8 Å². The summed E-state index contributed by atoms with van der Waals surface area (Å²) in [4.78, 5) is 25.6. The van der Waals surface area contributed by atoms with E-state index in [1.165, 1.54) is 23.1 Å². The minimum atomic E-state index is -2.91. The third kappa shape index (κ3) is 4.65. The van der Waals surface area contributed by atoms with Gasteiger partial charge in [0.25, 0.3) is 0 Å². The highest BCUT2D eigenvalue weighted by Crippen LogP contribution is 2.25. The van der Waals surface area contributed by atoms with Crippen molar-refractivity contribution in [2.45, 2.75) is 20.5 Å². The average molecular weight is 473 g/mol. The topological polar surface area (TPSA) is 101 Å². The highest BCUT2D eigenvalue weighted by molar-refractivity contribution is 7.12. The first kappa shape index (κ1) is 22.3. The van der Waals surface area contributed by atoms with Gasteiger partial charge in [0.15, 0.2) is 6.61 Å². The number of thiophene rings is 1. The number of Topliss-reactive ketones (excluding diaryl/α,β-unsaturated/α-hetero) is 1. The zero-order chi connectivity index (χ0) is 23.5. The number of rotatable bonds is 8. The number of nitrogens with zero attached hydrogens (tertiary/aromatic N) is 5. The summed E-state index contributed by atoms with van der Waals surface area (Å²) in [7, 11) is 0. The van der Waals surface area contributed by atoms with Crippen LogP contribution in [0.3, 0.4) is 0 Å². The molecule has 170 valence electrons. The summed E-state index contributed by atoms with van der Waals surface area (Å²) in [6.45, 7) is 0.206. The van der Waals surface area contributed by atoms with Crippen molar-refractivity contribution < 1.29 is 27.8 Å². The van der Waals surface area contributed by atoms with Crippen LogP contribution in [0.15, 0.2) is 48.1 Å². The number of ketones is 1. The summed E-state index contributed by atoms with van der Waals surface area (Å²) in [5, 5.41) is 12.5. The van der Waals surface area contributed by atoms with Crippen molar-refractivity contribution in [1.29, 1.82) is 0 Å². The van der Waals surface area contributed by atoms with E-state index < -0.39 is 19.2 Å². The minimum absolute atomic E-state index is 0.0362. The normalized spacial score (nSPS) is 11.1. The molecule has 0 fully saturated rings. The molecular formula is C21H17F2N5O4S. The molecule has 1 aromatic carbocycles. The van der Waals surface area contributed by atoms with Gasteiger partial charge in [-0.15, -0.1) is 16.4 Å². The number of hydrogen-bond donors (Lipinski definition) is 0. The Morgan fingerprint density at radius 3 is 2.58 bits per heavy atom. The Bertz CT molecular complexity index is 1280. The summed E-state index contributed by atoms with van der Waals surface area (Å²) >= 11 is 1.15. The number of hydrogen-bond acceptors (Lipinski definition) is 8. The lowest BCUT2D eigenvalue weighted by Gasteiger charge is -2.11. The number of tetrazole rings is 1. The summed E-state index contributed by atoms with van der Waals surface area (Å²) in [5.41, 5.74) is 2.90. The van der Waals surface area contributed by atoms with Gasteiger partial charge in [-0.2, -0.15) is 13.5 Å². The van der Waals surface area contributed by atoms with Gasteiger partial charge in [0.2, 0.25) is 5.78 Å².